The van der Waals surface area contributed by atoms with Gasteiger partial charge in [-0.25, -0.2) is 8.42 Å². The van der Waals surface area contributed by atoms with Crippen LogP contribution >= 0.6 is 0 Å². The Morgan fingerprint density at radius 1 is 1.37 bits per heavy atom. The molecule has 1 unspecified atom stereocenters. The Bertz CT molecular complexity index is 431. The second-order valence-corrected chi connectivity index (χ2v) is 6.88. The third-order valence-electron chi connectivity index (χ3n) is 3.05. The first-order valence-electron chi connectivity index (χ1n) is 5.65. The predicted octanol–water partition coefficient (Wildman–Crippen LogP) is 1.24. The molecule has 0 aromatic heterocycles. The molecular formula is C10H15F3O5S. The number of carbonyl (C=O) groups is 1. The highest BCUT2D eigenvalue weighted by molar-refractivity contribution is 7.91. The van der Waals surface area contributed by atoms with Crippen molar-refractivity contribution in [1.82, 2.24) is 0 Å². The standard InChI is InChI=1S/C10H15F3O5S/c11-10(12,13)6-18-4-1-2-9(8(14)15)3-5-19(16,17)7-9/h1-7H2,(H,14,15). The van der Waals surface area contributed by atoms with Crippen molar-refractivity contribution in [2.75, 3.05) is 24.7 Å². The molecule has 1 saturated heterocycles. The number of halogens is 3. The first-order chi connectivity index (χ1) is 8.56. The largest absolute Gasteiger partial charge is 0.481 e. The van der Waals surface area contributed by atoms with E-state index in [1.165, 1.54) is 0 Å². The molecule has 112 valence electrons. The number of alkyl halides is 3. The molecule has 0 aromatic carbocycles. The lowest BCUT2D eigenvalue weighted by molar-refractivity contribution is -0.174. The van der Waals surface area contributed by atoms with Gasteiger partial charge in [-0.1, -0.05) is 0 Å². The number of rotatable bonds is 6. The minimum atomic E-state index is -4.42. The Kier molecular flexibility index (Phi) is 4.83. The van der Waals surface area contributed by atoms with E-state index in [9.17, 15) is 26.4 Å². The van der Waals surface area contributed by atoms with E-state index in [1.54, 1.807) is 0 Å². The normalized spacial score (nSPS) is 26.5. The molecular weight excluding hydrogens is 289 g/mol. The van der Waals surface area contributed by atoms with E-state index in [4.69, 9.17) is 5.11 Å². The number of carboxylic acid groups (broad SMARTS) is 1. The molecule has 1 aliphatic heterocycles. The highest BCUT2D eigenvalue weighted by Crippen LogP contribution is 2.37. The van der Waals surface area contributed by atoms with Crippen molar-refractivity contribution in [1.29, 1.82) is 0 Å². The van der Waals surface area contributed by atoms with Crippen LogP contribution in [0.5, 0.6) is 0 Å². The van der Waals surface area contributed by atoms with Gasteiger partial charge in [-0.2, -0.15) is 13.2 Å². The summed E-state index contributed by atoms with van der Waals surface area (Å²) in [5.41, 5.74) is -1.37. The topological polar surface area (TPSA) is 80.7 Å². The summed E-state index contributed by atoms with van der Waals surface area (Å²) in [5.74, 6) is -1.86. The SMILES string of the molecule is O=C(O)C1(CCCOCC(F)(F)F)CCS(=O)(=O)C1. The average molecular weight is 304 g/mol. The smallest absolute Gasteiger partial charge is 0.411 e. The Morgan fingerprint density at radius 2 is 2.00 bits per heavy atom. The van der Waals surface area contributed by atoms with Crippen LogP contribution in [-0.2, 0) is 19.4 Å². The van der Waals surface area contributed by atoms with Gasteiger partial charge in [-0.3, -0.25) is 4.79 Å². The van der Waals surface area contributed by atoms with Gasteiger partial charge in [-0.15, -0.1) is 0 Å². The van der Waals surface area contributed by atoms with E-state index in [0.717, 1.165) is 0 Å². The first-order valence-corrected chi connectivity index (χ1v) is 7.47. The minimum Gasteiger partial charge on any atom is -0.481 e. The molecule has 0 radical (unpaired) electrons. The van der Waals surface area contributed by atoms with Crippen molar-refractivity contribution >= 4 is 15.8 Å². The summed E-state index contributed by atoms with van der Waals surface area (Å²) < 4.78 is 62.4. The zero-order valence-electron chi connectivity index (χ0n) is 10.1. The van der Waals surface area contributed by atoms with Gasteiger partial charge in [0.25, 0.3) is 0 Å². The highest BCUT2D eigenvalue weighted by Gasteiger charge is 2.47. The predicted molar refractivity (Wildman–Crippen MR) is 59.4 cm³/mol. The van der Waals surface area contributed by atoms with E-state index < -0.39 is 39.8 Å². The van der Waals surface area contributed by atoms with Crippen molar-refractivity contribution in [2.24, 2.45) is 5.41 Å². The molecule has 1 fully saturated rings. The molecule has 0 amide bonds. The van der Waals surface area contributed by atoms with Crippen LogP contribution in [0, 0.1) is 5.41 Å². The molecule has 0 spiro atoms. The Hall–Kier alpha value is -0.830. The number of hydrogen-bond donors (Lipinski definition) is 1. The Labute approximate surface area is 108 Å². The maximum Gasteiger partial charge on any atom is 0.411 e. The monoisotopic (exact) mass is 304 g/mol. The van der Waals surface area contributed by atoms with Crippen molar-refractivity contribution in [3.05, 3.63) is 0 Å². The Morgan fingerprint density at radius 3 is 2.42 bits per heavy atom. The van der Waals surface area contributed by atoms with Crippen molar-refractivity contribution in [2.45, 2.75) is 25.4 Å². The van der Waals surface area contributed by atoms with Gasteiger partial charge in [0.15, 0.2) is 9.84 Å². The molecule has 1 heterocycles. The van der Waals surface area contributed by atoms with Crippen LogP contribution in [-0.4, -0.2) is 50.4 Å². The van der Waals surface area contributed by atoms with Gasteiger partial charge < -0.3 is 9.84 Å². The molecule has 1 atom stereocenters. The van der Waals surface area contributed by atoms with Gasteiger partial charge in [0.05, 0.1) is 16.9 Å². The van der Waals surface area contributed by atoms with E-state index >= 15 is 0 Å². The molecule has 0 saturated carbocycles. The van der Waals surface area contributed by atoms with E-state index in [-0.39, 0.29) is 31.6 Å². The second kappa shape index (κ2) is 5.66. The van der Waals surface area contributed by atoms with Gasteiger partial charge in [-0.05, 0) is 19.3 Å². The van der Waals surface area contributed by atoms with Crippen molar-refractivity contribution in [3.8, 4) is 0 Å². The quantitative estimate of drug-likeness (QED) is 0.747. The van der Waals surface area contributed by atoms with Crippen LogP contribution < -0.4 is 0 Å². The maximum atomic E-state index is 11.8. The molecule has 1 N–H and O–H groups in total. The van der Waals surface area contributed by atoms with Crippen LogP contribution in [0.15, 0.2) is 0 Å². The van der Waals surface area contributed by atoms with Gasteiger partial charge in [0, 0.05) is 6.61 Å². The fraction of sp³-hybridized carbons (Fsp3) is 0.900. The van der Waals surface area contributed by atoms with Crippen LogP contribution in [0.1, 0.15) is 19.3 Å². The lowest BCUT2D eigenvalue weighted by atomic mass is 9.83. The van der Waals surface area contributed by atoms with Crippen LogP contribution in [0.3, 0.4) is 0 Å². The highest BCUT2D eigenvalue weighted by atomic mass is 32.2. The van der Waals surface area contributed by atoms with Crippen LogP contribution in [0.2, 0.25) is 0 Å². The third-order valence-corrected chi connectivity index (χ3v) is 4.87. The van der Waals surface area contributed by atoms with Crippen LogP contribution in [0.25, 0.3) is 0 Å². The van der Waals surface area contributed by atoms with E-state index in [1.807, 2.05) is 0 Å². The van der Waals surface area contributed by atoms with Crippen molar-refractivity contribution in [3.63, 3.8) is 0 Å². The minimum absolute atomic E-state index is 0.000575. The summed E-state index contributed by atoms with van der Waals surface area (Å²) in [6.07, 6.45) is -4.33. The fourth-order valence-electron chi connectivity index (χ4n) is 2.09. The average Bonchev–Trinajstić information content (AvgIpc) is 2.53. The van der Waals surface area contributed by atoms with Gasteiger partial charge in [0.2, 0.25) is 0 Å². The van der Waals surface area contributed by atoms with E-state index in [0.29, 0.717) is 0 Å². The summed E-state index contributed by atoms with van der Waals surface area (Å²) in [7, 11) is -3.37. The van der Waals surface area contributed by atoms with E-state index in [2.05, 4.69) is 4.74 Å². The maximum absolute atomic E-state index is 11.8. The Balaban J connectivity index is 2.43. The summed E-state index contributed by atoms with van der Waals surface area (Å²) in [5, 5.41) is 9.10. The molecule has 1 rings (SSSR count). The summed E-state index contributed by atoms with van der Waals surface area (Å²) >= 11 is 0. The second-order valence-electron chi connectivity index (χ2n) is 4.70. The zero-order valence-corrected chi connectivity index (χ0v) is 10.9. The number of aliphatic carboxylic acids is 1. The third kappa shape index (κ3) is 4.98. The summed E-state index contributed by atoms with van der Waals surface area (Å²) in [6, 6.07) is 0. The lowest BCUT2D eigenvalue weighted by Gasteiger charge is -2.22. The van der Waals surface area contributed by atoms with Crippen LogP contribution in [0.4, 0.5) is 13.2 Å². The molecule has 9 heteroatoms. The molecule has 5 nitrogen and oxygen atoms in total. The molecule has 19 heavy (non-hydrogen) atoms. The van der Waals surface area contributed by atoms with Gasteiger partial charge >= 0.3 is 12.1 Å². The van der Waals surface area contributed by atoms with Crippen molar-refractivity contribution < 1.29 is 36.2 Å². The van der Waals surface area contributed by atoms with Gasteiger partial charge in [0.1, 0.15) is 6.61 Å². The lowest BCUT2D eigenvalue weighted by Crippen LogP contribution is -2.32. The molecule has 1 aliphatic rings. The number of carboxylic acids is 1. The zero-order chi connectivity index (χ0) is 14.7. The fourth-order valence-corrected chi connectivity index (χ4v) is 4.19. The number of sulfone groups is 1. The molecule has 0 aromatic rings. The number of hydrogen-bond acceptors (Lipinski definition) is 4. The first kappa shape index (κ1) is 16.2. The summed E-state index contributed by atoms with van der Waals surface area (Å²) in [4.78, 5) is 11.1. The summed E-state index contributed by atoms with van der Waals surface area (Å²) in [6.45, 7) is -1.63. The number of ether oxygens (including phenoxy) is 1. The molecule has 0 aliphatic carbocycles. The molecule has 0 bridgehead atoms.